The van der Waals surface area contributed by atoms with Crippen molar-refractivity contribution in [3.05, 3.63) is 65.2 Å². The lowest BCUT2D eigenvalue weighted by Gasteiger charge is -2.10. The van der Waals surface area contributed by atoms with E-state index in [1.165, 1.54) is 0 Å². The van der Waals surface area contributed by atoms with Crippen molar-refractivity contribution in [1.29, 1.82) is 0 Å². The average Bonchev–Trinajstić information content (AvgIpc) is 2.84. The molecule has 1 N–H and O–H groups in total. The Balaban J connectivity index is 1.89. The molecule has 3 rings (SSSR count). The summed E-state index contributed by atoms with van der Waals surface area (Å²) in [5, 5.41) is 0. The second-order valence-electron chi connectivity index (χ2n) is 6.14. The van der Waals surface area contributed by atoms with Gasteiger partial charge in [-0.05, 0) is 56.2 Å². The van der Waals surface area contributed by atoms with Gasteiger partial charge >= 0.3 is 0 Å². The first-order chi connectivity index (χ1) is 11.7. The molecule has 0 radical (unpaired) electrons. The SMILES string of the molecule is Cc1cc(C)cc(NS(=O)(=O)c2ccc(-c3nc(C)oc3C)cc2)c1. The first kappa shape index (κ1) is 17.2. The summed E-state index contributed by atoms with van der Waals surface area (Å²) in [6.07, 6.45) is 0. The molecule has 1 heterocycles. The Kier molecular flexibility index (Phi) is 4.39. The van der Waals surface area contributed by atoms with Gasteiger partial charge < -0.3 is 4.42 Å². The molecule has 0 atom stereocenters. The smallest absolute Gasteiger partial charge is 0.261 e. The Bertz CT molecular complexity index is 999. The molecular weight excluding hydrogens is 336 g/mol. The molecule has 3 aromatic rings. The third-order valence-corrected chi connectivity index (χ3v) is 5.21. The average molecular weight is 356 g/mol. The summed E-state index contributed by atoms with van der Waals surface area (Å²) in [4.78, 5) is 4.53. The predicted molar refractivity (Wildman–Crippen MR) is 98.1 cm³/mol. The lowest BCUT2D eigenvalue weighted by atomic mass is 10.1. The third kappa shape index (κ3) is 3.74. The van der Waals surface area contributed by atoms with Crippen molar-refractivity contribution in [2.75, 3.05) is 4.72 Å². The number of hydrogen-bond donors (Lipinski definition) is 1. The van der Waals surface area contributed by atoms with Gasteiger partial charge in [-0.15, -0.1) is 0 Å². The molecule has 0 spiro atoms. The topological polar surface area (TPSA) is 72.2 Å². The minimum atomic E-state index is -3.64. The molecular formula is C19H20N2O3S. The fraction of sp³-hybridized carbons (Fsp3) is 0.211. The minimum Gasteiger partial charge on any atom is -0.446 e. The number of aryl methyl sites for hydroxylation is 4. The first-order valence-electron chi connectivity index (χ1n) is 7.90. The molecule has 0 fully saturated rings. The number of anilines is 1. The summed E-state index contributed by atoms with van der Waals surface area (Å²) in [5.74, 6) is 1.29. The number of oxazole rings is 1. The molecule has 1 aromatic heterocycles. The molecule has 0 aliphatic heterocycles. The zero-order chi connectivity index (χ0) is 18.2. The number of sulfonamides is 1. The maximum atomic E-state index is 12.6. The van der Waals surface area contributed by atoms with Crippen LogP contribution in [0.2, 0.25) is 0 Å². The van der Waals surface area contributed by atoms with Crippen molar-refractivity contribution in [3.8, 4) is 11.3 Å². The maximum Gasteiger partial charge on any atom is 0.261 e. The number of nitrogens with one attached hydrogen (secondary N) is 1. The van der Waals surface area contributed by atoms with Crippen molar-refractivity contribution < 1.29 is 12.8 Å². The van der Waals surface area contributed by atoms with E-state index in [9.17, 15) is 8.42 Å². The largest absolute Gasteiger partial charge is 0.446 e. The molecule has 2 aromatic carbocycles. The van der Waals surface area contributed by atoms with Gasteiger partial charge in [0, 0.05) is 18.2 Å². The van der Waals surface area contributed by atoms with Gasteiger partial charge in [0.05, 0.1) is 4.90 Å². The maximum absolute atomic E-state index is 12.6. The molecule has 25 heavy (non-hydrogen) atoms. The minimum absolute atomic E-state index is 0.202. The summed E-state index contributed by atoms with van der Waals surface area (Å²) < 4.78 is 33.3. The van der Waals surface area contributed by atoms with Crippen LogP contribution in [-0.2, 0) is 10.0 Å². The van der Waals surface area contributed by atoms with Crippen LogP contribution in [0.25, 0.3) is 11.3 Å². The number of aromatic nitrogens is 1. The number of hydrogen-bond acceptors (Lipinski definition) is 4. The van der Waals surface area contributed by atoms with Crippen molar-refractivity contribution in [3.63, 3.8) is 0 Å². The van der Waals surface area contributed by atoms with Gasteiger partial charge in [0.2, 0.25) is 0 Å². The molecule has 0 saturated heterocycles. The Morgan fingerprint density at radius 1 is 0.920 bits per heavy atom. The third-order valence-electron chi connectivity index (χ3n) is 3.82. The van der Waals surface area contributed by atoms with Crippen molar-refractivity contribution in [2.45, 2.75) is 32.6 Å². The van der Waals surface area contributed by atoms with Gasteiger partial charge in [0.25, 0.3) is 10.0 Å². The Hall–Kier alpha value is -2.60. The van der Waals surface area contributed by atoms with Gasteiger partial charge in [0.15, 0.2) is 5.89 Å². The van der Waals surface area contributed by atoms with Crippen LogP contribution in [0, 0.1) is 27.7 Å². The number of nitrogens with zero attached hydrogens (tertiary/aromatic N) is 1. The number of rotatable bonds is 4. The molecule has 0 aliphatic rings. The van der Waals surface area contributed by atoms with Crippen LogP contribution >= 0.6 is 0 Å². The fourth-order valence-electron chi connectivity index (χ4n) is 2.84. The molecule has 0 aliphatic carbocycles. The molecule has 130 valence electrons. The van der Waals surface area contributed by atoms with E-state index in [-0.39, 0.29) is 4.90 Å². The van der Waals surface area contributed by atoms with E-state index in [1.54, 1.807) is 43.3 Å². The van der Waals surface area contributed by atoms with Crippen molar-refractivity contribution >= 4 is 15.7 Å². The van der Waals surface area contributed by atoms with Crippen LogP contribution in [0.15, 0.2) is 51.8 Å². The second kappa shape index (κ2) is 6.37. The van der Waals surface area contributed by atoms with Crippen LogP contribution < -0.4 is 4.72 Å². The lowest BCUT2D eigenvalue weighted by molar-refractivity contribution is 0.495. The van der Waals surface area contributed by atoms with E-state index in [4.69, 9.17) is 4.42 Å². The van der Waals surface area contributed by atoms with E-state index in [0.717, 1.165) is 22.4 Å². The van der Waals surface area contributed by atoms with E-state index in [2.05, 4.69) is 9.71 Å². The molecule has 0 unspecified atom stereocenters. The highest BCUT2D eigenvalue weighted by Crippen LogP contribution is 2.25. The van der Waals surface area contributed by atoms with Gasteiger partial charge in [-0.2, -0.15) is 0 Å². The summed E-state index contributed by atoms with van der Waals surface area (Å²) in [6, 6.07) is 12.2. The van der Waals surface area contributed by atoms with Gasteiger partial charge in [0.1, 0.15) is 11.5 Å². The molecule has 6 heteroatoms. The highest BCUT2D eigenvalue weighted by molar-refractivity contribution is 7.92. The standard InChI is InChI=1S/C19H20N2O3S/c1-12-9-13(2)11-17(10-12)21-25(22,23)18-7-5-16(6-8-18)19-14(3)24-15(4)20-19/h5-11,21H,1-4H3. The highest BCUT2D eigenvalue weighted by Gasteiger charge is 2.16. The van der Waals surface area contributed by atoms with E-state index in [0.29, 0.717) is 17.3 Å². The number of benzene rings is 2. The van der Waals surface area contributed by atoms with Crippen LogP contribution in [0.5, 0.6) is 0 Å². The van der Waals surface area contributed by atoms with Gasteiger partial charge in [-0.1, -0.05) is 18.2 Å². The Morgan fingerprint density at radius 2 is 1.52 bits per heavy atom. The van der Waals surface area contributed by atoms with Crippen LogP contribution in [0.4, 0.5) is 5.69 Å². The summed E-state index contributed by atoms with van der Waals surface area (Å²) in [6.45, 7) is 7.48. The van der Waals surface area contributed by atoms with Gasteiger partial charge in [-0.3, -0.25) is 4.72 Å². The van der Waals surface area contributed by atoms with E-state index >= 15 is 0 Å². The van der Waals surface area contributed by atoms with Crippen LogP contribution in [0.1, 0.15) is 22.8 Å². The summed E-state index contributed by atoms with van der Waals surface area (Å²) >= 11 is 0. The van der Waals surface area contributed by atoms with E-state index in [1.807, 2.05) is 26.8 Å². The zero-order valence-corrected chi connectivity index (χ0v) is 15.4. The second-order valence-corrected chi connectivity index (χ2v) is 7.83. The molecule has 0 bridgehead atoms. The summed E-state index contributed by atoms with van der Waals surface area (Å²) in [7, 11) is -3.64. The fourth-order valence-corrected chi connectivity index (χ4v) is 3.88. The zero-order valence-electron chi connectivity index (χ0n) is 14.6. The predicted octanol–water partition coefficient (Wildman–Crippen LogP) is 4.38. The van der Waals surface area contributed by atoms with Gasteiger partial charge in [-0.25, -0.2) is 13.4 Å². The lowest BCUT2D eigenvalue weighted by Crippen LogP contribution is -2.13. The van der Waals surface area contributed by atoms with Crippen LogP contribution in [0.3, 0.4) is 0 Å². The van der Waals surface area contributed by atoms with Crippen molar-refractivity contribution in [1.82, 2.24) is 4.98 Å². The summed E-state index contributed by atoms with van der Waals surface area (Å²) in [5.41, 5.74) is 4.11. The molecule has 0 saturated carbocycles. The quantitative estimate of drug-likeness (QED) is 0.753. The monoisotopic (exact) mass is 356 g/mol. The van der Waals surface area contributed by atoms with Crippen LogP contribution in [-0.4, -0.2) is 13.4 Å². The highest BCUT2D eigenvalue weighted by atomic mass is 32.2. The van der Waals surface area contributed by atoms with Crippen molar-refractivity contribution in [2.24, 2.45) is 0 Å². The Morgan fingerprint density at radius 3 is 2.04 bits per heavy atom. The molecule has 5 nitrogen and oxygen atoms in total. The van der Waals surface area contributed by atoms with E-state index < -0.39 is 10.0 Å². The first-order valence-corrected chi connectivity index (χ1v) is 9.38. The Labute approximate surface area is 147 Å². The normalized spacial score (nSPS) is 11.5. The molecule has 0 amide bonds.